The Kier molecular flexibility index (Phi) is 3.64. The average Bonchev–Trinajstić information content (AvgIpc) is 2.89. The number of fused-ring (bicyclic) bond motifs is 1. The number of hydrogen-bond donors (Lipinski definition) is 2. The number of benzene rings is 2. The predicted molar refractivity (Wildman–Crippen MR) is 84.1 cm³/mol. The summed E-state index contributed by atoms with van der Waals surface area (Å²) in [5.74, 6) is 4.87. The lowest BCUT2D eigenvalue weighted by Gasteiger charge is -2.08. The number of hydrazine groups is 1. The van der Waals surface area contributed by atoms with Crippen molar-refractivity contribution in [2.75, 3.05) is 0 Å². The fourth-order valence-electron chi connectivity index (χ4n) is 2.39. The van der Waals surface area contributed by atoms with Crippen LogP contribution in [0.5, 0.6) is 0 Å². The molecule has 0 atom stereocenters. The van der Waals surface area contributed by atoms with E-state index in [1.807, 2.05) is 48.7 Å². The summed E-state index contributed by atoms with van der Waals surface area (Å²) in [6, 6.07) is 15.2. The minimum absolute atomic E-state index is 0.294. The summed E-state index contributed by atoms with van der Waals surface area (Å²) in [6.07, 6.45) is 2.01. The minimum atomic E-state index is -0.294. The largest absolute Gasteiger partial charge is 0.343 e. The molecule has 3 aromatic rings. The van der Waals surface area contributed by atoms with Crippen LogP contribution >= 0.6 is 11.6 Å². The molecule has 1 aromatic heterocycles. The second-order valence-electron chi connectivity index (χ2n) is 4.82. The fourth-order valence-corrected chi connectivity index (χ4v) is 2.55. The number of halogens is 1. The Balaban J connectivity index is 1.95. The first kappa shape index (κ1) is 13.7. The molecule has 0 saturated carbocycles. The number of nitrogen functional groups attached to an aromatic ring is 1. The zero-order valence-electron chi connectivity index (χ0n) is 11.2. The van der Waals surface area contributed by atoms with E-state index in [4.69, 9.17) is 17.4 Å². The van der Waals surface area contributed by atoms with Crippen LogP contribution in [0, 0.1) is 0 Å². The van der Waals surface area contributed by atoms with Gasteiger partial charge in [-0.05, 0) is 41.3 Å². The van der Waals surface area contributed by atoms with Gasteiger partial charge >= 0.3 is 0 Å². The Bertz CT molecular complexity index is 810. The van der Waals surface area contributed by atoms with Gasteiger partial charge in [0.15, 0.2) is 0 Å². The Labute approximate surface area is 127 Å². The predicted octanol–water partition coefficient (Wildman–Crippen LogP) is 2.95. The zero-order valence-corrected chi connectivity index (χ0v) is 12.0. The van der Waals surface area contributed by atoms with Gasteiger partial charge in [-0.3, -0.25) is 10.2 Å². The molecule has 0 fully saturated rings. The highest BCUT2D eigenvalue weighted by Gasteiger charge is 2.06. The summed E-state index contributed by atoms with van der Waals surface area (Å²) in [7, 11) is 0. The second kappa shape index (κ2) is 5.60. The Morgan fingerprint density at radius 3 is 2.86 bits per heavy atom. The first-order valence-electron chi connectivity index (χ1n) is 6.51. The van der Waals surface area contributed by atoms with E-state index in [1.54, 1.807) is 6.07 Å². The molecule has 2 aromatic carbocycles. The van der Waals surface area contributed by atoms with Crippen molar-refractivity contribution in [2.45, 2.75) is 6.54 Å². The molecule has 0 radical (unpaired) electrons. The monoisotopic (exact) mass is 299 g/mol. The van der Waals surface area contributed by atoms with Crippen molar-refractivity contribution >= 4 is 28.4 Å². The lowest BCUT2D eigenvalue weighted by molar-refractivity contribution is 0.0953. The van der Waals surface area contributed by atoms with Crippen LogP contribution in [0.4, 0.5) is 0 Å². The Morgan fingerprint density at radius 1 is 1.19 bits per heavy atom. The molecule has 0 aliphatic rings. The molecule has 0 unspecified atom stereocenters. The highest BCUT2D eigenvalue weighted by Crippen LogP contribution is 2.21. The summed E-state index contributed by atoms with van der Waals surface area (Å²) in [5.41, 5.74) is 4.77. The van der Waals surface area contributed by atoms with E-state index in [-0.39, 0.29) is 5.91 Å². The van der Waals surface area contributed by atoms with Gasteiger partial charge in [-0.1, -0.05) is 29.8 Å². The molecular weight excluding hydrogens is 286 g/mol. The lowest BCUT2D eigenvalue weighted by atomic mass is 10.1. The van der Waals surface area contributed by atoms with Crippen LogP contribution in [0.1, 0.15) is 15.9 Å². The van der Waals surface area contributed by atoms with Crippen LogP contribution < -0.4 is 11.3 Å². The van der Waals surface area contributed by atoms with Crippen molar-refractivity contribution in [1.82, 2.24) is 9.99 Å². The molecule has 21 heavy (non-hydrogen) atoms. The van der Waals surface area contributed by atoms with E-state index < -0.39 is 0 Å². The van der Waals surface area contributed by atoms with Gasteiger partial charge in [-0.15, -0.1) is 0 Å². The van der Waals surface area contributed by atoms with Crippen LogP contribution in [0.15, 0.2) is 54.7 Å². The molecule has 0 saturated heterocycles. The number of carbonyl (C=O) groups is 1. The molecule has 1 amide bonds. The Morgan fingerprint density at radius 2 is 2.05 bits per heavy atom. The molecule has 1 heterocycles. The van der Waals surface area contributed by atoms with Crippen molar-refractivity contribution in [3.8, 4) is 0 Å². The van der Waals surface area contributed by atoms with Crippen LogP contribution in [-0.2, 0) is 6.54 Å². The number of hydrogen-bond acceptors (Lipinski definition) is 2. The molecule has 0 bridgehead atoms. The maximum absolute atomic E-state index is 11.6. The van der Waals surface area contributed by atoms with Crippen LogP contribution in [0.2, 0.25) is 5.02 Å². The van der Waals surface area contributed by atoms with Crippen molar-refractivity contribution in [3.05, 3.63) is 70.9 Å². The van der Waals surface area contributed by atoms with Crippen LogP contribution in [0.25, 0.3) is 10.9 Å². The van der Waals surface area contributed by atoms with Gasteiger partial charge in [-0.2, -0.15) is 0 Å². The maximum atomic E-state index is 11.6. The van der Waals surface area contributed by atoms with Crippen LogP contribution in [-0.4, -0.2) is 10.5 Å². The maximum Gasteiger partial charge on any atom is 0.265 e. The molecule has 0 spiro atoms. The number of carbonyl (C=O) groups excluding carboxylic acids is 1. The first-order valence-corrected chi connectivity index (χ1v) is 6.89. The van der Waals surface area contributed by atoms with Gasteiger partial charge in [-0.25, -0.2) is 5.84 Å². The highest BCUT2D eigenvalue weighted by molar-refractivity contribution is 6.31. The van der Waals surface area contributed by atoms with Crippen molar-refractivity contribution in [1.29, 1.82) is 0 Å². The number of aromatic nitrogens is 1. The summed E-state index contributed by atoms with van der Waals surface area (Å²) < 4.78 is 2.10. The molecular formula is C16H14ClN3O. The van der Waals surface area contributed by atoms with Gasteiger partial charge < -0.3 is 4.57 Å². The van der Waals surface area contributed by atoms with Crippen molar-refractivity contribution in [2.24, 2.45) is 5.84 Å². The molecule has 3 rings (SSSR count). The molecule has 0 aliphatic carbocycles. The van der Waals surface area contributed by atoms with Crippen molar-refractivity contribution < 1.29 is 4.79 Å². The number of rotatable bonds is 3. The van der Waals surface area contributed by atoms with E-state index in [2.05, 4.69) is 9.99 Å². The van der Waals surface area contributed by atoms with Crippen LogP contribution in [0.3, 0.4) is 0 Å². The average molecular weight is 300 g/mol. The molecule has 5 heteroatoms. The third-order valence-electron chi connectivity index (χ3n) is 3.41. The SMILES string of the molecule is NNC(=O)c1cccc(Cn2ccc3ccc(Cl)cc32)c1. The van der Waals surface area contributed by atoms with E-state index in [0.29, 0.717) is 17.1 Å². The lowest BCUT2D eigenvalue weighted by Crippen LogP contribution is -2.30. The summed E-state index contributed by atoms with van der Waals surface area (Å²) in [6.45, 7) is 0.662. The molecule has 0 aliphatic heterocycles. The van der Waals surface area contributed by atoms with Gasteiger partial charge in [0.1, 0.15) is 0 Å². The van der Waals surface area contributed by atoms with E-state index >= 15 is 0 Å². The summed E-state index contributed by atoms with van der Waals surface area (Å²) in [5, 5.41) is 1.84. The third kappa shape index (κ3) is 2.77. The zero-order chi connectivity index (χ0) is 14.8. The number of nitrogens with two attached hydrogens (primary N) is 1. The quantitative estimate of drug-likeness (QED) is 0.444. The minimum Gasteiger partial charge on any atom is -0.343 e. The number of amides is 1. The number of nitrogens with zero attached hydrogens (tertiary/aromatic N) is 1. The second-order valence-corrected chi connectivity index (χ2v) is 5.26. The van der Waals surface area contributed by atoms with E-state index in [0.717, 1.165) is 16.5 Å². The topological polar surface area (TPSA) is 60.0 Å². The third-order valence-corrected chi connectivity index (χ3v) is 3.64. The standard InChI is InChI=1S/C16H14ClN3O/c17-14-5-4-12-6-7-20(15(12)9-14)10-11-2-1-3-13(8-11)16(21)19-18/h1-9H,10,18H2,(H,19,21). The van der Waals surface area contributed by atoms with E-state index in [1.165, 1.54) is 0 Å². The molecule has 4 nitrogen and oxygen atoms in total. The van der Waals surface area contributed by atoms with Gasteiger partial charge in [0.25, 0.3) is 5.91 Å². The van der Waals surface area contributed by atoms with Crippen molar-refractivity contribution in [3.63, 3.8) is 0 Å². The van der Waals surface area contributed by atoms with Gasteiger partial charge in [0, 0.05) is 28.8 Å². The van der Waals surface area contributed by atoms with E-state index in [9.17, 15) is 4.79 Å². The normalized spacial score (nSPS) is 10.8. The summed E-state index contributed by atoms with van der Waals surface area (Å²) >= 11 is 6.06. The highest BCUT2D eigenvalue weighted by atomic mass is 35.5. The number of nitrogens with one attached hydrogen (secondary N) is 1. The first-order chi connectivity index (χ1) is 10.2. The molecule has 3 N–H and O–H groups in total. The summed E-state index contributed by atoms with van der Waals surface area (Å²) in [4.78, 5) is 11.6. The molecule has 106 valence electrons. The smallest absolute Gasteiger partial charge is 0.265 e. The van der Waals surface area contributed by atoms with Gasteiger partial charge in [0.05, 0.1) is 0 Å². The fraction of sp³-hybridized carbons (Fsp3) is 0.0625. The van der Waals surface area contributed by atoms with Gasteiger partial charge in [0.2, 0.25) is 0 Å². The Hall–Kier alpha value is -2.30.